The molecular formula is C25H25N3O6. The smallest absolute Gasteiger partial charge is 0.338 e. The SMILES string of the molecule is Cc1ccccc1N1C(=O)c2ccc(C(=O)OCC(=O)NC(=O)NC3CCCCC3)cc2C1=O. The lowest BCUT2D eigenvalue weighted by atomic mass is 9.96. The molecule has 0 unspecified atom stereocenters. The summed E-state index contributed by atoms with van der Waals surface area (Å²) >= 11 is 0. The second kappa shape index (κ2) is 9.86. The fourth-order valence-corrected chi connectivity index (χ4v) is 4.25. The van der Waals surface area contributed by atoms with Gasteiger partial charge in [-0.3, -0.25) is 19.7 Å². The quantitative estimate of drug-likeness (QED) is 0.519. The van der Waals surface area contributed by atoms with Crippen molar-refractivity contribution in [3.8, 4) is 0 Å². The van der Waals surface area contributed by atoms with Crippen LogP contribution in [0.1, 0.15) is 68.7 Å². The van der Waals surface area contributed by atoms with Gasteiger partial charge in [-0.2, -0.15) is 0 Å². The minimum absolute atomic E-state index is 0.0194. The number of para-hydroxylation sites is 1. The van der Waals surface area contributed by atoms with Gasteiger partial charge in [-0.05, 0) is 49.6 Å². The van der Waals surface area contributed by atoms with Gasteiger partial charge < -0.3 is 10.1 Å². The second-order valence-corrected chi connectivity index (χ2v) is 8.43. The maximum absolute atomic E-state index is 12.9. The Morgan fingerprint density at radius 2 is 1.68 bits per heavy atom. The minimum Gasteiger partial charge on any atom is -0.452 e. The molecule has 2 aromatic carbocycles. The van der Waals surface area contributed by atoms with Gasteiger partial charge in [-0.25, -0.2) is 14.5 Å². The van der Waals surface area contributed by atoms with Crippen LogP contribution in [-0.2, 0) is 9.53 Å². The number of nitrogens with one attached hydrogen (secondary N) is 2. The molecule has 0 atom stereocenters. The maximum Gasteiger partial charge on any atom is 0.338 e. The van der Waals surface area contributed by atoms with Gasteiger partial charge in [0.15, 0.2) is 6.61 Å². The molecule has 0 bridgehead atoms. The highest BCUT2D eigenvalue weighted by Crippen LogP contribution is 2.31. The number of anilines is 1. The zero-order chi connectivity index (χ0) is 24.2. The summed E-state index contributed by atoms with van der Waals surface area (Å²) in [4.78, 5) is 63.2. The Hall–Kier alpha value is -4.01. The third kappa shape index (κ3) is 4.83. The van der Waals surface area contributed by atoms with Crippen molar-refractivity contribution < 1.29 is 28.7 Å². The highest BCUT2D eigenvalue weighted by atomic mass is 16.5. The van der Waals surface area contributed by atoms with Gasteiger partial charge in [0.05, 0.1) is 22.4 Å². The Bertz CT molecular complexity index is 1170. The molecule has 9 nitrogen and oxygen atoms in total. The fraction of sp³-hybridized carbons (Fsp3) is 0.320. The molecular weight excluding hydrogens is 438 g/mol. The van der Waals surface area contributed by atoms with Crippen molar-refractivity contribution in [1.82, 2.24) is 10.6 Å². The summed E-state index contributed by atoms with van der Waals surface area (Å²) in [6.45, 7) is 1.14. The zero-order valence-corrected chi connectivity index (χ0v) is 18.8. The van der Waals surface area contributed by atoms with Crippen LogP contribution in [0.15, 0.2) is 42.5 Å². The van der Waals surface area contributed by atoms with Crippen LogP contribution in [-0.4, -0.2) is 42.4 Å². The summed E-state index contributed by atoms with van der Waals surface area (Å²) in [5, 5.41) is 4.89. The zero-order valence-electron chi connectivity index (χ0n) is 18.8. The molecule has 1 heterocycles. The number of benzene rings is 2. The van der Waals surface area contributed by atoms with E-state index in [1.807, 2.05) is 0 Å². The van der Waals surface area contributed by atoms with Gasteiger partial charge in [0, 0.05) is 6.04 Å². The highest BCUT2D eigenvalue weighted by Gasteiger charge is 2.37. The van der Waals surface area contributed by atoms with Gasteiger partial charge in [-0.15, -0.1) is 0 Å². The topological polar surface area (TPSA) is 122 Å². The molecule has 1 fully saturated rings. The molecule has 4 rings (SSSR count). The first-order valence-corrected chi connectivity index (χ1v) is 11.2. The molecule has 1 aliphatic heterocycles. The Balaban J connectivity index is 1.36. The number of ether oxygens (including phenoxy) is 1. The summed E-state index contributed by atoms with van der Waals surface area (Å²) in [6, 6.07) is 10.5. The van der Waals surface area contributed by atoms with Crippen LogP contribution in [0.3, 0.4) is 0 Å². The second-order valence-electron chi connectivity index (χ2n) is 8.43. The van der Waals surface area contributed by atoms with E-state index < -0.39 is 36.3 Å². The molecule has 9 heteroatoms. The van der Waals surface area contributed by atoms with Crippen molar-refractivity contribution in [2.24, 2.45) is 0 Å². The van der Waals surface area contributed by atoms with Crippen LogP contribution < -0.4 is 15.5 Å². The number of nitrogens with zero attached hydrogens (tertiary/aromatic N) is 1. The van der Waals surface area contributed by atoms with Crippen LogP contribution in [0.2, 0.25) is 0 Å². The lowest BCUT2D eigenvalue weighted by Gasteiger charge is -2.22. The molecule has 0 aromatic heterocycles. The number of hydrogen-bond acceptors (Lipinski definition) is 6. The average molecular weight is 463 g/mol. The molecule has 0 radical (unpaired) electrons. The van der Waals surface area contributed by atoms with Crippen LogP contribution in [0.25, 0.3) is 0 Å². The van der Waals surface area contributed by atoms with Crippen molar-refractivity contribution in [3.63, 3.8) is 0 Å². The third-order valence-corrected chi connectivity index (χ3v) is 6.01. The maximum atomic E-state index is 12.9. The van der Waals surface area contributed by atoms with Crippen molar-refractivity contribution in [2.45, 2.75) is 45.1 Å². The molecule has 1 aliphatic carbocycles. The summed E-state index contributed by atoms with van der Waals surface area (Å²) in [5.41, 5.74) is 1.52. The monoisotopic (exact) mass is 463 g/mol. The minimum atomic E-state index is -0.847. The normalized spacial score (nSPS) is 15.6. The number of hydrogen-bond donors (Lipinski definition) is 2. The van der Waals surface area contributed by atoms with Crippen molar-refractivity contribution in [2.75, 3.05) is 11.5 Å². The molecule has 5 amide bonds. The molecule has 176 valence electrons. The van der Waals surface area contributed by atoms with Gasteiger partial charge in [0.2, 0.25) is 0 Å². The number of rotatable bonds is 5. The summed E-state index contributed by atoms with van der Waals surface area (Å²) < 4.78 is 4.99. The van der Waals surface area contributed by atoms with Crippen LogP contribution in [0.4, 0.5) is 10.5 Å². The van der Waals surface area contributed by atoms with Crippen molar-refractivity contribution in [1.29, 1.82) is 0 Å². The first kappa shape index (κ1) is 23.2. The average Bonchev–Trinajstić information content (AvgIpc) is 3.07. The standard InChI is InChI=1S/C25H25N3O6/c1-15-7-5-6-10-20(15)28-22(30)18-12-11-16(13-19(18)23(28)31)24(32)34-14-21(29)27-25(33)26-17-8-3-2-4-9-17/h5-7,10-13,17H,2-4,8-9,14H2,1H3,(H2,26,27,29,33). The predicted octanol–water partition coefficient (Wildman–Crippen LogP) is 3.11. The number of esters is 1. The van der Waals surface area contributed by atoms with E-state index in [1.54, 1.807) is 31.2 Å². The number of fused-ring (bicyclic) bond motifs is 1. The van der Waals surface area contributed by atoms with E-state index in [9.17, 15) is 24.0 Å². The van der Waals surface area contributed by atoms with E-state index in [4.69, 9.17) is 4.74 Å². The van der Waals surface area contributed by atoms with E-state index in [0.29, 0.717) is 5.69 Å². The lowest BCUT2D eigenvalue weighted by Crippen LogP contribution is -2.46. The number of carbonyl (C=O) groups excluding carboxylic acids is 5. The number of carbonyl (C=O) groups is 5. The number of imide groups is 2. The first-order valence-electron chi connectivity index (χ1n) is 11.2. The van der Waals surface area contributed by atoms with E-state index in [1.165, 1.54) is 18.2 Å². The van der Waals surface area contributed by atoms with Crippen LogP contribution >= 0.6 is 0 Å². The summed E-state index contributed by atoms with van der Waals surface area (Å²) in [7, 11) is 0. The molecule has 2 aromatic rings. The summed E-state index contributed by atoms with van der Waals surface area (Å²) in [5.74, 6) is -2.63. The Kier molecular flexibility index (Phi) is 6.72. The largest absolute Gasteiger partial charge is 0.452 e. The van der Waals surface area contributed by atoms with Crippen molar-refractivity contribution >= 4 is 35.4 Å². The molecule has 0 saturated heterocycles. The molecule has 0 spiro atoms. The van der Waals surface area contributed by atoms with Crippen LogP contribution in [0, 0.1) is 6.92 Å². The van der Waals surface area contributed by atoms with Gasteiger partial charge >= 0.3 is 12.0 Å². The highest BCUT2D eigenvalue weighted by molar-refractivity contribution is 6.34. The first-order chi connectivity index (χ1) is 16.3. The van der Waals surface area contributed by atoms with Crippen LogP contribution in [0.5, 0.6) is 0 Å². The molecule has 34 heavy (non-hydrogen) atoms. The fourth-order valence-electron chi connectivity index (χ4n) is 4.25. The van der Waals surface area contributed by atoms with Gasteiger partial charge in [0.1, 0.15) is 0 Å². The van der Waals surface area contributed by atoms with Crippen molar-refractivity contribution in [3.05, 3.63) is 64.7 Å². The predicted molar refractivity (Wildman–Crippen MR) is 123 cm³/mol. The van der Waals surface area contributed by atoms with Gasteiger partial charge in [0.25, 0.3) is 17.7 Å². The molecule has 2 aliphatic rings. The Morgan fingerprint density at radius 1 is 0.971 bits per heavy atom. The number of amides is 5. The van der Waals surface area contributed by atoms with E-state index in [-0.39, 0.29) is 22.7 Å². The summed E-state index contributed by atoms with van der Waals surface area (Å²) in [6.07, 6.45) is 4.96. The van der Waals surface area contributed by atoms with E-state index in [0.717, 1.165) is 42.6 Å². The van der Waals surface area contributed by atoms with Gasteiger partial charge in [-0.1, -0.05) is 37.5 Å². The number of urea groups is 1. The third-order valence-electron chi connectivity index (χ3n) is 6.01. The lowest BCUT2D eigenvalue weighted by molar-refractivity contribution is -0.123. The number of aryl methyl sites for hydroxylation is 1. The Labute approximate surface area is 196 Å². The Morgan fingerprint density at radius 3 is 2.41 bits per heavy atom. The molecule has 1 saturated carbocycles. The molecule has 2 N–H and O–H groups in total. The van der Waals surface area contributed by atoms with E-state index in [2.05, 4.69) is 10.6 Å². The van der Waals surface area contributed by atoms with E-state index >= 15 is 0 Å².